The lowest BCUT2D eigenvalue weighted by atomic mass is 9.94. The second kappa shape index (κ2) is 3.70. The van der Waals surface area contributed by atoms with Crippen LogP contribution in [0.4, 0.5) is 0 Å². The van der Waals surface area contributed by atoms with E-state index in [4.69, 9.17) is 9.15 Å². The Kier molecular flexibility index (Phi) is 2.52. The third-order valence-corrected chi connectivity index (χ3v) is 3.03. The number of hydrogen-bond donors (Lipinski definition) is 1. The summed E-state index contributed by atoms with van der Waals surface area (Å²) in [6.07, 6.45) is 2.36. The molecular weight excluding hydrogens is 194 g/mol. The summed E-state index contributed by atoms with van der Waals surface area (Å²) in [6.45, 7) is 4.65. The molecule has 0 saturated carbocycles. The first-order chi connectivity index (χ1) is 7.12. The van der Waals surface area contributed by atoms with Gasteiger partial charge in [0.2, 0.25) is 0 Å². The Morgan fingerprint density at radius 3 is 3.00 bits per heavy atom. The fourth-order valence-electron chi connectivity index (χ4n) is 1.73. The standard InChI is InChI=1S/C11H15NO3/c1-8-11(2,5-7-14-8)12-10(13)9-4-3-6-15-9/h3-4,6,8H,5,7H2,1-2H3,(H,12,13). The van der Waals surface area contributed by atoms with Gasteiger partial charge in [-0.05, 0) is 32.4 Å². The predicted molar refractivity (Wildman–Crippen MR) is 54.6 cm³/mol. The zero-order valence-corrected chi connectivity index (χ0v) is 8.95. The summed E-state index contributed by atoms with van der Waals surface area (Å²) >= 11 is 0. The highest BCUT2D eigenvalue weighted by molar-refractivity contribution is 5.91. The molecule has 0 spiro atoms. The normalized spacial score (nSPS) is 30.4. The van der Waals surface area contributed by atoms with Crippen LogP contribution in [-0.2, 0) is 4.74 Å². The minimum absolute atomic E-state index is 0.0383. The Morgan fingerprint density at radius 1 is 1.67 bits per heavy atom. The second-order valence-electron chi connectivity index (χ2n) is 4.11. The molecule has 1 fully saturated rings. The Bertz CT molecular complexity index is 347. The van der Waals surface area contributed by atoms with Crippen molar-refractivity contribution in [1.29, 1.82) is 0 Å². The Labute approximate surface area is 88.6 Å². The molecule has 2 atom stereocenters. The van der Waals surface area contributed by atoms with Crippen molar-refractivity contribution in [3.05, 3.63) is 24.2 Å². The molecular formula is C11H15NO3. The number of furan rings is 1. The van der Waals surface area contributed by atoms with Crippen LogP contribution in [0.15, 0.2) is 22.8 Å². The van der Waals surface area contributed by atoms with Crippen molar-refractivity contribution in [2.24, 2.45) is 0 Å². The van der Waals surface area contributed by atoms with E-state index in [-0.39, 0.29) is 17.6 Å². The third-order valence-electron chi connectivity index (χ3n) is 3.03. The SMILES string of the molecule is CC1OCCC1(C)NC(=O)c1ccco1. The molecule has 0 aromatic carbocycles. The first kappa shape index (κ1) is 10.2. The number of ether oxygens (including phenoxy) is 1. The van der Waals surface area contributed by atoms with Gasteiger partial charge in [-0.15, -0.1) is 0 Å². The maximum atomic E-state index is 11.8. The molecule has 1 N–H and O–H groups in total. The largest absolute Gasteiger partial charge is 0.459 e. The highest BCUT2D eigenvalue weighted by atomic mass is 16.5. The molecule has 15 heavy (non-hydrogen) atoms. The lowest BCUT2D eigenvalue weighted by Gasteiger charge is -2.28. The van der Waals surface area contributed by atoms with Gasteiger partial charge in [0.15, 0.2) is 5.76 Å². The molecule has 2 unspecified atom stereocenters. The summed E-state index contributed by atoms with van der Waals surface area (Å²) in [5, 5.41) is 2.95. The van der Waals surface area contributed by atoms with Gasteiger partial charge in [-0.25, -0.2) is 0 Å². The van der Waals surface area contributed by atoms with E-state index in [0.29, 0.717) is 12.4 Å². The molecule has 82 valence electrons. The van der Waals surface area contributed by atoms with E-state index in [0.717, 1.165) is 6.42 Å². The number of nitrogens with one attached hydrogen (secondary N) is 1. The van der Waals surface area contributed by atoms with Crippen LogP contribution in [0.5, 0.6) is 0 Å². The molecule has 0 radical (unpaired) electrons. The van der Waals surface area contributed by atoms with Crippen molar-refractivity contribution in [3.8, 4) is 0 Å². The van der Waals surface area contributed by atoms with Crippen molar-refractivity contribution >= 4 is 5.91 Å². The monoisotopic (exact) mass is 209 g/mol. The van der Waals surface area contributed by atoms with Crippen LogP contribution in [0.25, 0.3) is 0 Å². The van der Waals surface area contributed by atoms with E-state index in [1.165, 1.54) is 6.26 Å². The average molecular weight is 209 g/mol. The average Bonchev–Trinajstić information content (AvgIpc) is 2.78. The minimum atomic E-state index is -0.288. The molecule has 0 bridgehead atoms. The van der Waals surface area contributed by atoms with Crippen LogP contribution in [0, 0.1) is 0 Å². The van der Waals surface area contributed by atoms with E-state index in [1.54, 1.807) is 12.1 Å². The molecule has 0 aliphatic carbocycles. The van der Waals surface area contributed by atoms with Crippen LogP contribution in [-0.4, -0.2) is 24.2 Å². The molecule has 1 aromatic rings. The molecule has 1 saturated heterocycles. The Hall–Kier alpha value is -1.29. The van der Waals surface area contributed by atoms with Crippen LogP contribution < -0.4 is 5.32 Å². The first-order valence-electron chi connectivity index (χ1n) is 5.09. The van der Waals surface area contributed by atoms with E-state index < -0.39 is 0 Å². The molecule has 1 aromatic heterocycles. The molecule has 4 nitrogen and oxygen atoms in total. The minimum Gasteiger partial charge on any atom is -0.459 e. The van der Waals surface area contributed by atoms with Gasteiger partial charge in [0.05, 0.1) is 17.9 Å². The maximum Gasteiger partial charge on any atom is 0.287 e. The number of rotatable bonds is 2. The maximum absolute atomic E-state index is 11.8. The Balaban J connectivity index is 2.06. The van der Waals surface area contributed by atoms with Crippen LogP contribution >= 0.6 is 0 Å². The summed E-state index contributed by atoms with van der Waals surface area (Å²) < 4.78 is 10.5. The molecule has 1 aliphatic rings. The van der Waals surface area contributed by atoms with Gasteiger partial charge < -0.3 is 14.5 Å². The summed E-state index contributed by atoms with van der Waals surface area (Å²) in [5.41, 5.74) is -0.288. The van der Waals surface area contributed by atoms with Crippen molar-refractivity contribution < 1.29 is 13.9 Å². The summed E-state index contributed by atoms with van der Waals surface area (Å²) in [7, 11) is 0. The molecule has 2 rings (SSSR count). The van der Waals surface area contributed by atoms with Crippen molar-refractivity contribution in [2.75, 3.05) is 6.61 Å². The van der Waals surface area contributed by atoms with Crippen LogP contribution in [0.2, 0.25) is 0 Å². The predicted octanol–water partition coefficient (Wildman–Crippen LogP) is 1.58. The third kappa shape index (κ3) is 1.90. The van der Waals surface area contributed by atoms with Crippen molar-refractivity contribution in [3.63, 3.8) is 0 Å². The van der Waals surface area contributed by atoms with Gasteiger partial charge in [0, 0.05) is 6.61 Å². The summed E-state index contributed by atoms with van der Waals surface area (Å²) in [4.78, 5) is 11.8. The van der Waals surface area contributed by atoms with Gasteiger partial charge >= 0.3 is 0 Å². The number of carbonyl (C=O) groups excluding carboxylic acids is 1. The van der Waals surface area contributed by atoms with Crippen LogP contribution in [0.3, 0.4) is 0 Å². The van der Waals surface area contributed by atoms with Gasteiger partial charge in [-0.1, -0.05) is 0 Å². The molecule has 4 heteroatoms. The topological polar surface area (TPSA) is 51.5 Å². The highest BCUT2D eigenvalue weighted by Gasteiger charge is 2.38. The molecule has 2 heterocycles. The molecule has 1 aliphatic heterocycles. The molecule has 1 amide bonds. The first-order valence-corrected chi connectivity index (χ1v) is 5.09. The lowest BCUT2D eigenvalue weighted by molar-refractivity contribution is 0.0709. The lowest BCUT2D eigenvalue weighted by Crippen LogP contribution is -2.50. The van der Waals surface area contributed by atoms with E-state index in [2.05, 4.69) is 5.32 Å². The zero-order valence-electron chi connectivity index (χ0n) is 8.95. The fraction of sp³-hybridized carbons (Fsp3) is 0.545. The Morgan fingerprint density at radius 2 is 2.47 bits per heavy atom. The number of carbonyl (C=O) groups is 1. The van der Waals surface area contributed by atoms with Gasteiger partial charge in [0.25, 0.3) is 5.91 Å². The number of hydrogen-bond acceptors (Lipinski definition) is 3. The van der Waals surface area contributed by atoms with Crippen molar-refractivity contribution in [2.45, 2.75) is 31.9 Å². The summed E-state index contributed by atoms with van der Waals surface area (Å²) in [5.74, 6) is 0.162. The quantitative estimate of drug-likeness (QED) is 0.804. The van der Waals surface area contributed by atoms with E-state index >= 15 is 0 Å². The number of amides is 1. The van der Waals surface area contributed by atoms with Crippen LogP contribution in [0.1, 0.15) is 30.8 Å². The van der Waals surface area contributed by atoms with Crippen molar-refractivity contribution in [1.82, 2.24) is 5.32 Å². The van der Waals surface area contributed by atoms with Gasteiger partial charge in [-0.3, -0.25) is 4.79 Å². The zero-order chi connectivity index (χ0) is 10.9. The van der Waals surface area contributed by atoms with Gasteiger partial charge in [0.1, 0.15) is 0 Å². The summed E-state index contributed by atoms with van der Waals surface area (Å²) in [6, 6.07) is 3.35. The van der Waals surface area contributed by atoms with E-state index in [9.17, 15) is 4.79 Å². The van der Waals surface area contributed by atoms with Gasteiger partial charge in [-0.2, -0.15) is 0 Å². The van der Waals surface area contributed by atoms with E-state index in [1.807, 2.05) is 13.8 Å². The smallest absolute Gasteiger partial charge is 0.287 e. The second-order valence-corrected chi connectivity index (χ2v) is 4.11. The highest BCUT2D eigenvalue weighted by Crippen LogP contribution is 2.25. The fourth-order valence-corrected chi connectivity index (χ4v) is 1.73.